The Morgan fingerprint density at radius 3 is 2.69 bits per heavy atom. The quantitative estimate of drug-likeness (QED) is 0.567. The second kappa shape index (κ2) is 7.23. The summed E-state index contributed by atoms with van der Waals surface area (Å²) >= 11 is 5.92. The lowest BCUT2D eigenvalue weighted by Gasteiger charge is -2.19. The second-order valence-corrected chi connectivity index (χ2v) is 8.47. The van der Waals surface area contributed by atoms with E-state index in [1.54, 1.807) is 24.3 Å². The SMILES string of the molecule is O=C1[C@H]2N=NN(Cc3nc(-c4ccc(Cl)cc4)no3)[C@H]2C(=O)N1c1ccc2c(c1)CCC2. The Morgan fingerprint density at radius 1 is 1.03 bits per heavy atom. The summed E-state index contributed by atoms with van der Waals surface area (Å²) in [5, 5.41) is 14.1. The van der Waals surface area contributed by atoms with E-state index in [1.165, 1.54) is 21.0 Å². The van der Waals surface area contributed by atoms with Gasteiger partial charge < -0.3 is 4.52 Å². The number of benzene rings is 2. The molecule has 1 aliphatic carbocycles. The number of nitrogens with zero attached hydrogens (tertiary/aromatic N) is 6. The molecule has 160 valence electrons. The van der Waals surface area contributed by atoms with Gasteiger partial charge in [-0.3, -0.25) is 14.6 Å². The summed E-state index contributed by atoms with van der Waals surface area (Å²) in [5.74, 6) is -0.0410. The van der Waals surface area contributed by atoms with Crippen LogP contribution in [0.3, 0.4) is 0 Å². The largest absolute Gasteiger partial charge is 0.337 e. The minimum Gasteiger partial charge on any atom is -0.337 e. The lowest BCUT2D eigenvalue weighted by Crippen LogP contribution is -2.39. The second-order valence-electron chi connectivity index (χ2n) is 8.03. The first-order valence-electron chi connectivity index (χ1n) is 10.3. The molecule has 0 radical (unpaired) electrons. The van der Waals surface area contributed by atoms with Crippen molar-refractivity contribution in [2.45, 2.75) is 37.9 Å². The Hall–Kier alpha value is -3.59. The minimum absolute atomic E-state index is 0.0717. The zero-order chi connectivity index (χ0) is 21.8. The van der Waals surface area contributed by atoms with E-state index >= 15 is 0 Å². The molecule has 3 aromatic rings. The van der Waals surface area contributed by atoms with Crippen molar-refractivity contribution in [3.8, 4) is 11.4 Å². The van der Waals surface area contributed by atoms with Gasteiger partial charge >= 0.3 is 0 Å². The number of carbonyl (C=O) groups excluding carboxylic acids is 2. The first-order valence-corrected chi connectivity index (χ1v) is 10.7. The molecule has 0 bridgehead atoms. The highest BCUT2D eigenvalue weighted by Crippen LogP contribution is 2.35. The third kappa shape index (κ3) is 3.00. The van der Waals surface area contributed by atoms with Gasteiger partial charge in [-0.2, -0.15) is 10.1 Å². The zero-order valence-electron chi connectivity index (χ0n) is 16.8. The molecule has 1 fully saturated rings. The monoisotopic (exact) mass is 448 g/mol. The third-order valence-corrected chi connectivity index (χ3v) is 6.32. The standard InChI is InChI=1S/C22H17ClN6O3/c23-15-7-4-13(5-8-15)20-24-17(32-26-20)11-28-19-18(25-27-28)21(30)29(22(19)31)16-9-6-12-2-1-3-14(12)10-16/h4-10,18-19H,1-3,11H2/t18-,19+/m0/s1. The predicted molar refractivity (Wildman–Crippen MR) is 114 cm³/mol. The Bertz CT molecular complexity index is 1270. The van der Waals surface area contributed by atoms with Crippen molar-refractivity contribution in [2.75, 3.05) is 4.90 Å². The molecule has 10 heteroatoms. The number of amides is 2. The summed E-state index contributed by atoms with van der Waals surface area (Å²) in [4.78, 5) is 31.8. The molecule has 6 rings (SSSR count). The number of hydrogen-bond acceptors (Lipinski definition) is 8. The van der Waals surface area contributed by atoms with Crippen LogP contribution in [-0.2, 0) is 29.0 Å². The molecule has 2 amide bonds. The van der Waals surface area contributed by atoms with Gasteiger partial charge in [-0.05, 0) is 66.8 Å². The maximum Gasteiger partial charge on any atom is 0.263 e. The predicted octanol–water partition coefficient (Wildman–Crippen LogP) is 3.37. The zero-order valence-corrected chi connectivity index (χ0v) is 17.6. The van der Waals surface area contributed by atoms with Crippen molar-refractivity contribution >= 4 is 29.1 Å². The van der Waals surface area contributed by atoms with E-state index in [-0.39, 0.29) is 24.2 Å². The fourth-order valence-electron chi connectivity index (χ4n) is 4.48. The highest BCUT2D eigenvalue weighted by Gasteiger charge is 2.55. The van der Waals surface area contributed by atoms with Crippen molar-refractivity contribution < 1.29 is 14.1 Å². The molecule has 32 heavy (non-hydrogen) atoms. The van der Waals surface area contributed by atoms with Crippen LogP contribution >= 0.6 is 11.6 Å². The van der Waals surface area contributed by atoms with E-state index in [1.807, 2.05) is 18.2 Å². The average molecular weight is 449 g/mol. The summed E-state index contributed by atoms with van der Waals surface area (Å²) in [7, 11) is 0. The Morgan fingerprint density at radius 2 is 1.84 bits per heavy atom. The molecule has 2 atom stereocenters. The molecule has 0 saturated carbocycles. The molecule has 0 unspecified atom stereocenters. The van der Waals surface area contributed by atoms with Gasteiger partial charge in [0.05, 0.1) is 5.69 Å². The average Bonchev–Trinajstić information content (AvgIpc) is 3.56. The molecular formula is C22H17ClN6O3. The molecule has 3 heterocycles. The van der Waals surface area contributed by atoms with Gasteiger partial charge in [0.25, 0.3) is 11.8 Å². The van der Waals surface area contributed by atoms with E-state index < -0.39 is 12.1 Å². The molecule has 0 N–H and O–H groups in total. The van der Waals surface area contributed by atoms with Crippen LogP contribution in [0.25, 0.3) is 11.4 Å². The smallest absolute Gasteiger partial charge is 0.263 e. The van der Waals surface area contributed by atoms with Gasteiger partial charge in [0, 0.05) is 10.6 Å². The number of hydrogen-bond donors (Lipinski definition) is 0. The van der Waals surface area contributed by atoms with Crippen LogP contribution < -0.4 is 4.90 Å². The maximum absolute atomic E-state index is 13.2. The van der Waals surface area contributed by atoms with Crippen LogP contribution in [0.2, 0.25) is 5.02 Å². The number of halogens is 1. The van der Waals surface area contributed by atoms with Crippen molar-refractivity contribution in [1.29, 1.82) is 0 Å². The lowest BCUT2D eigenvalue weighted by atomic mass is 10.1. The van der Waals surface area contributed by atoms with E-state index in [0.717, 1.165) is 24.8 Å². The van der Waals surface area contributed by atoms with Crippen LogP contribution in [-0.4, -0.2) is 39.0 Å². The number of fused-ring (bicyclic) bond motifs is 2. The van der Waals surface area contributed by atoms with Crippen LogP contribution in [0, 0.1) is 0 Å². The van der Waals surface area contributed by atoms with Crippen LogP contribution in [0.15, 0.2) is 57.3 Å². The Kier molecular flexibility index (Phi) is 4.32. The fraction of sp³-hybridized carbons (Fsp3) is 0.273. The fourth-order valence-corrected chi connectivity index (χ4v) is 4.61. The minimum atomic E-state index is -0.866. The van der Waals surface area contributed by atoms with E-state index in [2.05, 4.69) is 20.5 Å². The van der Waals surface area contributed by atoms with E-state index in [0.29, 0.717) is 16.5 Å². The topological polar surface area (TPSA) is 104 Å². The highest BCUT2D eigenvalue weighted by atomic mass is 35.5. The number of aromatic nitrogens is 2. The molecule has 3 aliphatic rings. The highest BCUT2D eigenvalue weighted by molar-refractivity contribution is 6.30. The summed E-state index contributed by atoms with van der Waals surface area (Å²) in [6.45, 7) is 0.0717. The summed E-state index contributed by atoms with van der Waals surface area (Å²) in [6.07, 6.45) is 3.09. The first-order chi connectivity index (χ1) is 15.6. The van der Waals surface area contributed by atoms with Crippen LogP contribution in [0.5, 0.6) is 0 Å². The van der Waals surface area contributed by atoms with Crippen LogP contribution in [0.1, 0.15) is 23.4 Å². The molecule has 1 saturated heterocycles. The summed E-state index contributed by atoms with van der Waals surface area (Å²) < 4.78 is 5.34. The van der Waals surface area contributed by atoms with Crippen molar-refractivity contribution in [3.63, 3.8) is 0 Å². The van der Waals surface area contributed by atoms with Crippen molar-refractivity contribution in [3.05, 3.63) is 64.5 Å². The Balaban J connectivity index is 1.23. The van der Waals surface area contributed by atoms with Gasteiger partial charge in [0.15, 0.2) is 12.1 Å². The molecular weight excluding hydrogens is 432 g/mol. The van der Waals surface area contributed by atoms with Crippen molar-refractivity contribution in [2.24, 2.45) is 10.3 Å². The number of anilines is 1. The van der Waals surface area contributed by atoms with Crippen molar-refractivity contribution in [1.82, 2.24) is 15.1 Å². The summed E-state index contributed by atoms with van der Waals surface area (Å²) in [5.41, 5.74) is 3.81. The third-order valence-electron chi connectivity index (χ3n) is 6.07. The maximum atomic E-state index is 13.2. The van der Waals surface area contributed by atoms with Gasteiger partial charge in [0.2, 0.25) is 11.7 Å². The van der Waals surface area contributed by atoms with Gasteiger partial charge in [-0.25, -0.2) is 4.90 Å². The Labute approximate surface area is 187 Å². The number of rotatable bonds is 4. The van der Waals surface area contributed by atoms with Crippen LogP contribution in [0.4, 0.5) is 5.69 Å². The lowest BCUT2D eigenvalue weighted by molar-refractivity contribution is -0.123. The van der Waals surface area contributed by atoms with E-state index in [9.17, 15) is 9.59 Å². The normalized spacial score (nSPS) is 21.5. The molecule has 2 aliphatic heterocycles. The molecule has 0 spiro atoms. The number of imide groups is 1. The van der Waals surface area contributed by atoms with Gasteiger partial charge in [0.1, 0.15) is 6.54 Å². The number of carbonyl (C=O) groups is 2. The molecule has 9 nitrogen and oxygen atoms in total. The number of aryl methyl sites for hydroxylation is 2. The van der Waals surface area contributed by atoms with E-state index in [4.69, 9.17) is 16.1 Å². The molecule has 1 aromatic heterocycles. The first kappa shape index (κ1) is 19.1. The van der Waals surface area contributed by atoms with Gasteiger partial charge in [-0.1, -0.05) is 28.0 Å². The summed E-state index contributed by atoms with van der Waals surface area (Å²) in [6, 6.07) is 11.1. The molecule has 2 aromatic carbocycles. The van der Waals surface area contributed by atoms with Gasteiger partial charge in [-0.15, -0.1) is 0 Å².